The summed E-state index contributed by atoms with van der Waals surface area (Å²) in [5.41, 5.74) is 1.09. The lowest BCUT2D eigenvalue weighted by atomic mass is 10.0. The molecule has 3 heteroatoms. The normalized spacial score (nSPS) is 19.4. The van der Waals surface area contributed by atoms with Crippen molar-refractivity contribution in [3.05, 3.63) is 48.0 Å². The molecule has 1 atom stereocenters. The number of hydrogen-bond acceptors (Lipinski definition) is 2. The van der Waals surface area contributed by atoms with E-state index in [1.165, 1.54) is 30.0 Å². The third-order valence-corrected chi connectivity index (χ3v) is 4.46. The number of nitrogens with zero attached hydrogens (tertiary/aromatic N) is 2. The highest BCUT2D eigenvalue weighted by molar-refractivity contribution is 5.89. The van der Waals surface area contributed by atoms with E-state index < -0.39 is 0 Å². The summed E-state index contributed by atoms with van der Waals surface area (Å²) < 4.78 is 1.82. The Hall–Kier alpha value is -2.16. The van der Waals surface area contributed by atoms with Gasteiger partial charge in [0, 0.05) is 11.5 Å². The van der Waals surface area contributed by atoms with E-state index in [9.17, 15) is 5.11 Å². The summed E-state index contributed by atoms with van der Waals surface area (Å²) in [6, 6.07) is 14.6. The van der Waals surface area contributed by atoms with Gasteiger partial charge in [-0.05, 0) is 34.4 Å². The summed E-state index contributed by atoms with van der Waals surface area (Å²) in [6.07, 6.45) is 7.77. The predicted octanol–water partition coefficient (Wildman–Crippen LogP) is 3.55. The van der Waals surface area contributed by atoms with Gasteiger partial charge in [0.05, 0.1) is 5.92 Å². The third kappa shape index (κ3) is 3.98. The van der Waals surface area contributed by atoms with Gasteiger partial charge in [-0.25, -0.2) is 0 Å². The summed E-state index contributed by atoms with van der Waals surface area (Å²) in [7, 11) is 0. The molecule has 3 rings (SSSR count). The van der Waals surface area contributed by atoms with Crippen LogP contribution in [0, 0.1) is 5.92 Å². The molecule has 0 fully saturated rings. The quantitative estimate of drug-likeness (QED) is 0.594. The second-order valence-corrected chi connectivity index (χ2v) is 6.34. The molecule has 0 saturated heterocycles. The van der Waals surface area contributed by atoms with E-state index in [0.29, 0.717) is 0 Å². The van der Waals surface area contributed by atoms with E-state index in [0.717, 1.165) is 24.9 Å². The Kier molecular flexibility index (Phi) is 5.06. The molecule has 120 valence electrons. The summed E-state index contributed by atoms with van der Waals surface area (Å²) in [4.78, 5) is 0. The van der Waals surface area contributed by atoms with E-state index in [-0.39, 0.29) is 11.8 Å². The number of benzene rings is 2. The zero-order chi connectivity index (χ0) is 16.1. The average molecular weight is 308 g/mol. The number of rotatable bonds is 6. The number of fused-ring (bicyclic) bond motifs is 1. The van der Waals surface area contributed by atoms with Gasteiger partial charge in [0.15, 0.2) is 6.54 Å². The molecule has 0 saturated carbocycles. The first-order chi connectivity index (χ1) is 11.3. The van der Waals surface area contributed by atoms with Crippen molar-refractivity contribution in [3.63, 3.8) is 0 Å². The molecule has 1 aliphatic rings. The first-order valence-electron chi connectivity index (χ1n) is 8.62. The van der Waals surface area contributed by atoms with E-state index in [1.54, 1.807) is 0 Å². The topological polar surface area (TPSA) is 38.4 Å². The van der Waals surface area contributed by atoms with Gasteiger partial charge in [-0.2, -0.15) is 0 Å². The van der Waals surface area contributed by atoms with E-state index >= 15 is 0 Å². The highest BCUT2D eigenvalue weighted by Gasteiger charge is 2.24. The van der Waals surface area contributed by atoms with Gasteiger partial charge in [0.1, 0.15) is 0 Å². The van der Waals surface area contributed by atoms with Gasteiger partial charge in [0.25, 0.3) is 0 Å². The summed E-state index contributed by atoms with van der Waals surface area (Å²) in [5.74, 6) is 0.113. The van der Waals surface area contributed by atoms with Crippen LogP contribution >= 0.6 is 0 Å². The molecule has 1 heterocycles. The molecule has 23 heavy (non-hydrogen) atoms. The summed E-state index contributed by atoms with van der Waals surface area (Å²) in [6.45, 7) is 2.92. The van der Waals surface area contributed by atoms with Crippen LogP contribution in [-0.4, -0.2) is 23.3 Å². The zero-order valence-corrected chi connectivity index (χ0v) is 13.7. The first-order valence-corrected chi connectivity index (χ1v) is 8.62. The minimum absolute atomic E-state index is 0.0403. The summed E-state index contributed by atoms with van der Waals surface area (Å²) >= 11 is 0. The molecular weight excluding hydrogens is 284 g/mol. The van der Waals surface area contributed by atoms with Crippen molar-refractivity contribution in [2.24, 2.45) is 11.0 Å². The standard InChI is InChI=1S/C20H24N2O/c1-2-3-4-5-10-19-15-22(21-20(19)23)14-16-11-12-17-8-6-7-9-18(17)13-16/h6-9,11-14,19H,2-5,10,15H2,1H3/b22-14-/t19-/m0/s1. The first kappa shape index (κ1) is 15.7. The molecule has 3 nitrogen and oxygen atoms in total. The monoisotopic (exact) mass is 308 g/mol. The molecule has 1 aliphatic heterocycles. The van der Waals surface area contributed by atoms with Crippen LogP contribution in [-0.2, 0) is 0 Å². The van der Waals surface area contributed by atoms with Crippen LogP contribution in [0.5, 0.6) is 0 Å². The van der Waals surface area contributed by atoms with Crippen LogP contribution in [0.25, 0.3) is 10.8 Å². The molecule has 0 bridgehead atoms. The lowest BCUT2D eigenvalue weighted by molar-refractivity contribution is -0.523. The predicted molar refractivity (Wildman–Crippen MR) is 93.9 cm³/mol. The van der Waals surface area contributed by atoms with E-state index in [4.69, 9.17) is 0 Å². The Morgan fingerprint density at radius 3 is 2.78 bits per heavy atom. The van der Waals surface area contributed by atoms with E-state index in [1.807, 2.05) is 23.0 Å². The fraction of sp³-hybridized carbons (Fsp3) is 0.400. The highest BCUT2D eigenvalue weighted by Crippen LogP contribution is 2.17. The molecule has 2 aromatic rings. The van der Waals surface area contributed by atoms with Crippen LogP contribution in [0.3, 0.4) is 0 Å². The molecular formula is C20H24N2O. The van der Waals surface area contributed by atoms with Crippen molar-refractivity contribution in [2.75, 3.05) is 6.54 Å². The minimum Gasteiger partial charge on any atom is -0.857 e. The maximum absolute atomic E-state index is 12.0. The van der Waals surface area contributed by atoms with Crippen molar-refractivity contribution < 1.29 is 9.79 Å². The number of hydrogen-bond donors (Lipinski definition) is 0. The lowest BCUT2D eigenvalue weighted by Gasteiger charge is -2.10. The fourth-order valence-electron chi connectivity index (χ4n) is 3.13. The minimum atomic E-state index is 0.0403. The van der Waals surface area contributed by atoms with Crippen LogP contribution in [0.2, 0.25) is 0 Å². The van der Waals surface area contributed by atoms with Crippen molar-refractivity contribution in [3.8, 4) is 0 Å². The van der Waals surface area contributed by atoms with Crippen molar-refractivity contribution in [2.45, 2.75) is 39.0 Å². The molecule has 0 unspecified atom stereocenters. The second kappa shape index (κ2) is 7.40. The molecule has 0 spiro atoms. The van der Waals surface area contributed by atoms with Crippen LogP contribution < -0.4 is 5.11 Å². The van der Waals surface area contributed by atoms with Crippen LogP contribution in [0.15, 0.2) is 47.6 Å². The Labute approximate surface area is 138 Å². The molecule has 0 aliphatic carbocycles. The Bertz CT molecular complexity index is 733. The van der Waals surface area contributed by atoms with Gasteiger partial charge in [-0.15, -0.1) is 0 Å². The van der Waals surface area contributed by atoms with Crippen molar-refractivity contribution >= 4 is 22.9 Å². The number of unbranched alkanes of at least 4 members (excludes halogenated alkanes) is 3. The van der Waals surface area contributed by atoms with Crippen molar-refractivity contribution in [1.29, 1.82) is 0 Å². The van der Waals surface area contributed by atoms with Gasteiger partial charge in [0.2, 0.25) is 6.21 Å². The zero-order valence-electron chi connectivity index (χ0n) is 13.7. The number of hydrazone groups is 1. The Morgan fingerprint density at radius 2 is 1.96 bits per heavy atom. The van der Waals surface area contributed by atoms with Gasteiger partial charge < -0.3 is 5.11 Å². The third-order valence-electron chi connectivity index (χ3n) is 4.46. The van der Waals surface area contributed by atoms with Gasteiger partial charge in [-0.1, -0.05) is 67.6 Å². The molecule has 0 radical (unpaired) electrons. The maximum Gasteiger partial charge on any atom is 0.203 e. The highest BCUT2D eigenvalue weighted by atomic mass is 16.3. The average Bonchev–Trinajstić information content (AvgIpc) is 2.91. The molecule has 0 N–H and O–H groups in total. The van der Waals surface area contributed by atoms with Crippen molar-refractivity contribution in [1.82, 2.24) is 0 Å². The SMILES string of the molecule is CCCCCC[C@H]1C/[N+](=C/c2ccc3ccccc3c2)N=C1[O-]. The van der Waals surface area contributed by atoms with Crippen LogP contribution in [0.1, 0.15) is 44.6 Å². The van der Waals surface area contributed by atoms with Gasteiger partial charge in [-0.3, -0.25) is 0 Å². The molecule has 2 aromatic carbocycles. The Morgan fingerprint density at radius 1 is 1.13 bits per heavy atom. The Balaban J connectivity index is 1.68. The molecule has 0 amide bonds. The largest absolute Gasteiger partial charge is 0.857 e. The fourth-order valence-corrected chi connectivity index (χ4v) is 3.13. The van der Waals surface area contributed by atoms with Crippen LogP contribution in [0.4, 0.5) is 0 Å². The summed E-state index contributed by atoms with van der Waals surface area (Å²) in [5, 5.41) is 18.6. The smallest absolute Gasteiger partial charge is 0.203 e. The lowest BCUT2D eigenvalue weighted by Crippen LogP contribution is -2.25. The molecule has 0 aromatic heterocycles. The maximum atomic E-state index is 12.0. The van der Waals surface area contributed by atoms with E-state index in [2.05, 4.69) is 42.4 Å². The second-order valence-electron chi connectivity index (χ2n) is 6.34. The van der Waals surface area contributed by atoms with Gasteiger partial charge >= 0.3 is 0 Å².